The fourth-order valence-electron chi connectivity index (χ4n) is 3.33. The molecule has 1 aromatic carbocycles. The lowest BCUT2D eigenvalue weighted by atomic mass is 10.1. The van der Waals surface area contributed by atoms with Gasteiger partial charge in [0.25, 0.3) is 11.8 Å². The van der Waals surface area contributed by atoms with Crippen LogP contribution in [0.3, 0.4) is 0 Å². The smallest absolute Gasteiger partial charge is 0.265 e. The van der Waals surface area contributed by atoms with E-state index in [2.05, 4.69) is 9.88 Å². The van der Waals surface area contributed by atoms with Gasteiger partial charge >= 0.3 is 0 Å². The van der Waals surface area contributed by atoms with Gasteiger partial charge < -0.3 is 4.57 Å². The van der Waals surface area contributed by atoms with Gasteiger partial charge in [-0.2, -0.15) is 0 Å². The number of nitrogens with one attached hydrogen (secondary N) is 1. The summed E-state index contributed by atoms with van der Waals surface area (Å²) in [5.74, 6) is -0.828. The Balaban J connectivity index is 2.04. The molecule has 7 heteroatoms. The van der Waals surface area contributed by atoms with Crippen LogP contribution in [0, 0.1) is 13.8 Å². The molecule has 1 saturated heterocycles. The largest absolute Gasteiger partial charge is 0.318 e. The fourth-order valence-corrected chi connectivity index (χ4v) is 3.81. The zero-order valence-corrected chi connectivity index (χ0v) is 17.8. The van der Waals surface area contributed by atoms with Crippen molar-refractivity contribution in [3.05, 3.63) is 57.9 Å². The summed E-state index contributed by atoms with van der Waals surface area (Å²) >= 11 is 11.2. The Morgan fingerprint density at radius 1 is 1.21 bits per heavy atom. The maximum absolute atomic E-state index is 12.9. The molecule has 1 N–H and O–H groups in total. The molecule has 146 valence electrons. The van der Waals surface area contributed by atoms with Crippen molar-refractivity contribution in [1.29, 1.82) is 0 Å². The molecule has 1 aromatic heterocycles. The number of amides is 2. The second kappa shape index (κ2) is 7.89. The van der Waals surface area contributed by atoms with Crippen LogP contribution < -0.4 is 5.32 Å². The van der Waals surface area contributed by atoms with E-state index in [0.29, 0.717) is 5.02 Å². The van der Waals surface area contributed by atoms with E-state index in [4.69, 9.17) is 23.8 Å². The molecule has 0 spiro atoms. The second-order valence-corrected chi connectivity index (χ2v) is 7.71. The minimum atomic E-state index is -0.467. The third-order valence-corrected chi connectivity index (χ3v) is 5.57. The quantitative estimate of drug-likeness (QED) is 0.463. The molecule has 3 rings (SSSR count). The highest BCUT2D eigenvalue weighted by Gasteiger charge is 2.35. The van der Waals surface area contributed by atoms with E-state index in [-0.39, 0.29) is 22.6 Å². The molecular weight excluding hydrogens is 394 g/mol. The van der Waals surface area contributed by atoms with Gasteiger partial charge in [-0.25, -0.2) is 0 Å². The lowest BCUT2D eigenvalue weighted by Gasteiger charge is -2.33. The predicted octanol–water partition coefficient (Wildman–Crippen LogP) is 4.17. The number of rotatable bonds is 4. The Bertz CT molecular complexity index is 992. The number of benzene rings is 1. The highest BCUT2D eigenvalue weighted by molar-refractivity contribution is 7.80. The van der Waals surface area contributed by atoms with Gasteiger partial charge in [0.1, 0.15) is 5.57 Å². The van der Waals surface area contributed by atoms with Crippen molar-refractivity contribution >= 4 is 46.8 Å². The van der Waals surface area contributed by atoms with E-state index in [1.54, 1.807) is 6.08 Å². The van der Waals surface area contributed by atoms with Crippen LogP contribution in [0.25, 0.3) is 11.8 Å². The second-order valence-electron chi connectivity index (χ2n) is 6.89. The van der Waals surface area contributed by atoms with Crippen LogP contribution in [0.1, 0.15) is 37.2 Å². The fraction of sp³-hybridized carbons (Fsp3) is 0.286. The number of aromatic nitrogens is 1. The summed E-state index contributed by atoms with van der Waals surface area (Å²) in [5, 5.41) is 3.46. The summed E-state index contributed by atoms with van der Waals surface area (Å²) in [6, 6.07) is 9.39. The van der Waals surface area contributed by atoms with Crippen molar-refractivity contribution in [3.8, 4) is 5.69 Å². The van der Waals surface area contributed by atoms with E-state index in [0.717, 1.165) is 29.1 Å². The maximum Gasteiger partial charge on any atom is 0.265 e. The number of hydrogen-bond acceptors (Lipinski definition) is 3. The molecule has 1 atom stereocenters. The number of carbonyl (C=O) groups excluding carboxylic acids is 2. The van der Waals surface area contributed by atoms with Gasteiger partial charge in [-0.1, -0.05) is 18.5 Å². The minimum Gasteiger partial charge on any atom is -0.318 e. The molecule has 1 aliphatic rings. The zero-order chi connectivity index (χ0) is 20.6. The normalized spacial score (nSPS) is 17.2. The highest BCUT2D eigenvalue weighted by atomic mass is 35.5. The summed E-state index contributed by atoms with van der Waals surface area (Å²) in [4.78, 5) is 26.9. The van der Waals surface area contributed by atoms with E-state index < -0.39 is 5.91 Å². The van der Waals surface area contributed by atoms with Gasteiger partial charge in [0, 0.05) is 28.1 Å². The standard InChI is InChI=1S/C21H22ClN3O2S/c1-5-12(2)25-20(27)18(19(26)23-21(25)28)11-15-10-13(3)24(14(15)4)17-8-6-16(22)7-9-17/h6-12H,5H2,1-4H3,(H,23,26,28)/b18-11+/t12-/m1/s1. The average molecular weight is 416 g/mol. The van der Waals surface area contributed by atoms with Gasteiger partial charge in [0.15, 0.2) is 5.11 Å². The van der Waals surface area contributed by atoms with Crippen LogP contribution in [-0.4, -0.2) is 32.4 Å². The van der Waals surface area contributed by atoms with Crippen LogP contribution in [0.2, 0.25) is 5.02 Å². The number of hydrogen-bond donors (Lipinski definition) is 1. The Labute approximate surface area is 175 Å². The van der Waals surface area contributed by atoms with E-state index >= 15 is 0 Å². The molecule has 2 heterocycles. The van der Waals surface area contributed by atoms with Crippen LogP contribution in [-0.2, 0) is 9.59 Å². The molecule has 2 amide bonds. The van der Waals surface area contributed by atoms with Gasteiger partial charge in [-0.15, -0.1) is 0 Å². The first-order chi connectivity index (χ1) is 13.2. The van der Waals surface area contributed by atoms with Crippen molar-refractivity contribution < 1.29 is 9.59 Å². The number of nitrogens with zero attached hydrogens (tertiary/aromatic N) is 2. The molecule has 1 fully saturated rings. The number of aryl methyl sites for hydroxylation is 1. The van der Waals surface area contributed by atoms with E-state index in [9.17, 15) is 9.59 Å². The minimum absolute atomic E-state index is 0.0882. The van der Waals surface area contributed by atoms with Crippen LogP contribution in [0.4, 0.5) is 0 Å². The summed E-state index contributed by atoms with van der Waals surface area (Å²) in [5.41, 5.74) is 3.78. The summed E-state index contributed by atoms with van der Waals surface area (Å²) in [6.07, 6.45) is 2.38. The van der Waals surface area contributed by atoms with Crippen molar-refractivity contribution in [3.63, 3.8) is 0 Å². The topological polar surface area (TPSA) is 54.3 Å². The monoisotopic (exact) mass is 415 g/mol. The third-order valence-electron chi connectivity index (χ3n) is 5.02. The lowest BCUT2D eigenvalue weighted by Crippen LogP contribution is -2.56. The number of halogens is 1. The Kier molecular flexibility index (Phi) is 5.72. The Morgan fingerprint density at radius 2 is 1.86 bits per heavy atom. The first-order valence-corrected chi connectivity index (χ1v) is 9.88. The first-order valence-electron chi connectivity index (χ1n) is 9.10. The average Bonchev–Trinajstić information content (AvgIpc) is 2.92. The molecule has 0 saturated carbocycles. The van der Waals surface area contributed by atoms with Gasteiger partial charge in [-0.05, 0) is 81.4 Å². The van der Waals surface area contributed by atoms with Crippen molar-refractivity contribution in [2.75, 3.05) is 0 Å². The number of thiocarbonyl (C=S) groups is 1. The molecule has 2 aromatic rings. The maximum atomic E-state index is 12.9. The SMILES string of the molecule is CC[C@@H](C)N1C(=O)/C(=C/c2cc(C)n(-c3ccc(Cl)cc3)c2C)C(=O)NC1=S. The summed E-state index contributed by atoms with van der Waals surface area (Å²) < 4.78 is 2.06. The van der Waals surface area contributed by atoms with Gasteiger partial charge in [0.05, 0.1) is 0 Å². The van der Waals surface area contributed by atoms with Crippen LogP contribution >= 0.6 is 23.8 Å². The van der Waals surface area contributed by atoms with Gasteiger partial charge in [-0.3, -0.25) is 19.8 Å². The third kappa shape index (κ3) is 3.62. The molecule has 0 unspecified atom stereocenters. The van der Waals surface area contributed by atoms with E-state index in [1.807, 2.05) is 58.0 Å². The summed E-state index contributed by atoms with van der Waals surface area (Å²) in [6.45, 7) is 7.81. The first kappa shape index (κ1) is 20.3. The zero-order valence-electron chi connectivity index (χ0n) is 16.2. The van der Waals surface area contributed by atoms with Crippen LogP contribution in [0.5, 0.6) is 0 Å². The Morgan fingerprint density at radius 3 is 2.46 bits per heavy atom. The van der Waals surface area contributed by atoms with Crippen LogP contribution in [0.15, 0.2) is 35.9 Å². The molecule has 0 radical (unpaired) electrons. The summed E-state index contributed by atoms with van der Waals surface area (Å²) in [7, 11) is 0. The Hall–Kier alpha value is -2.44. The van der Waals surface area contributed by atoms with Gasteiger partial charge in [0.2, 0.25) is 0 Å². The van der Waals surface area contributed by atoms with Crippen molar-refractivity contribution in [1.82, 2.24) is 14.8 Å². The van der Waals surface area contributed by atoms with E-state index in [1.165, 1.54) is 4.90 Å². The molecule has 0 bridgehead atoms. The highest BCUT2D eigenvalue weighted by Crippen LogP contribution is 2.25. The molecule has 28 heavy (non-hydrogen) atoms. The molecule has 0 aliphatic carbocycles. The molecule has 1 aliphatic heterocycles. The lowest BCUT2D eigenvalue weighted by molar-refractivity contribution is -0.130. The molecular formula is C21H22ClN3O2S. The predicted molar refractivity (Wildman–Crippen MR) is 116 cm³/mol. The van der Waals surface area contributed by atoms with Crippen molar-refractivity contribution in [2.45, 2.75) is 40.2 Å². The van der Waals surface area contributed by atoms with Crippen molar-refractivity contribution in [2.24, 2.45) is 0 Å². The number of carbonyl (C=O) groups is 2. The molecule has 5 nitrogen and oxygen atoms in total.